The number of carbonyl (C=O) groups excluding carboxylic acids is 1. The number of hydrogen-bond donors (Lipinski definition) is 2. The van der Waals surface area contributed by atoms with E-state index in [1.165, 1.54) is 7.11 Å². The lowest BCUT2D eigenvalue weighted by Crippen LogP contribution is -2.22. The van der Waals surface area contributed by atoms with Crippen LogP contribution in [0.3, 0.4) is 0 Å². The Morgan fingerprint density at radius 3 is 2.48 bits per heavy atom. The quantitative estimate of drug-likeness (QED) is 0.895. The van der Waals surface area contributed by atoms with Crippen molar-refractivity contribution in [2.45, 2.75) is 19.3 Å². The number of anilines is 1. The Labute approximate surface area is 119 Å². The SMILES string of the molecule is COc1cc(F)c(NC(=O)[C@@H]2CC[C@H](C(=O)O)C2)cc1F. The molecule has 0 unspecified atom stereocenters. The first-order chi connectivity index (χ1) is 9.92. The normalized spacial score (nSPS) is 21.1. The number of benzene rings is 1. The standard InChI is InChI=1S/C14H15F2NO4/c1-21-12-6-9(15)11(5-10(12)16)17-13(18)7-2-3-8(4-7)14(19)20/h5-8H,2-4H2,1H3,(H,17,18)(H,19,20)/t7-,8+/m1/s1. The third-order valence-electron chi connectivity index (χ3n) is 3.65. The van der Waals surface area contributed by atoms with Gasteiger partial charge < -0.3 is 15.2 Å². The highest BCUT2D eigenvalue weighted by Crippen LogP contribution is 2.32. The van der Waals surface area contributed by atoms with Gasteiger partial charge in [0.25, 0.3) is 0 Å². The minimum atomic E-state index is -0.938. The van der Waals surface area contributed by atoms with Crippen molar-refractivity contribution in [3.05, 3.63) is 23.8 Å². The van der Waals surface area contributed by atoms with Crippen molar-refractivity contribution in [1.29, 1.82) is 0 Å². The molecule has 2 N–H and O–H groups in total. The van der Waals surface area contributed by atoms with Crippen molar-refractivity contribution < 1.29 is 28.2 Å². The van der Waals surface area contributed by atoms with Crippen LogP contribution in [-0.4, -0.2) is 24.1 Å². The third kappa shape index (κ3) is 3.29. The second-order valence-corrected chi connectivity index (χ2v) is 5.00. The van der Waals surface area contributed by atoms with Crippen LogP contribution in [0.25, 0.3) is 0 Å². The molecule has 2 rings (SSSR count). The molecule has 0 bridgehead atoms. The van der Waals surface area contributed by atoms with Gasteiger partial charge in [0, 0.05) is 18.1 Å². The molecule has 0 spiro atoms. The zero-order valence-corrected chi connectivity index (χ0v) is 11.4. The fraction of sp³-hybridized carbons (Fsp3) is 0.429. The Morgan fingerprint density at radius 2 is 1.90 bits per heavy atom. The lowest BCUT2D eigenvalue weighted by Gasteiger charge is -2.12. The molecule has 21 heavy (non-hydrogen) atoms. The van der Waals surface area contributed by atoms with E-state index < -0.39 is 35.3 Å². The Balaban J connectivity index is 2.07. The highest BCUT2D eigenvalue weighted by Gasteiger charge is 2.34. The molecule has 1 amide bonds. The fourth-order valence-electron chi connectivity index (χ4n) is 2.46. The van der Waals surface area contributed by atoms with Gasteiger partial charge in [-0.25, -0.2) is 8.78 Å². The van der Waals surface area contributed by atoms with E-state index in [0.29, 0.717) is 12.8 Å². The number of ether oxygens (including phenoxy) is 1. The van der Waals surface area contributed by atoms with Crippen LogP contribution in [0.5, 0.6) is 5.75 Å². The minimum Gasteiger partial charge on any atom is -0.494 e. The van der Waals surface area contributed by atoms with Gasteiger partial charge in [0.15, 0.2) is 17.4 Å². The minimum absolute atomic E-state index is 0.210. The van der Waals surface area contributed by atoms with Crippen LogP contribution in [0.1, 0.15) is 19.3 Å². The molecular weight excluding hydrogens is 284 g/mol. The van der Waals surface area contributed by atoms with E-state index in [-0.39, 0.29) is 17.9 Å². The summed E-state index contributed by atoms with van der Waals surface area (Å²) < 4.78 is 31.9. The first-order valence-corrected chi connectivity index (χ1v) is 6.49. The van der Waals surface area contributed by atoms with E-state index in [2.05, 4.69) is 10.1 Å². The van der Waals surface area contributed by atoms with Crippen LogP contribution in [0.4, 0.5) is 14.5 Å². The summed E-state index contributed by atoms with van der Waals surface area (Å²) >= 11 is 0. The number of hydrogen-bond acceptors (Lipinski definition) is 3. The summed E-state index contributed by atoms with van der Waals surface area (Å²) in [6.07, 6.45) is 1.04. The van der Waals surface area contributed by atoms with Crippen molar-refractivity contribution in [2.75, 3.05) is 12.4 Å². The first kappa shape index (κ1) is 15.2. The molecule has 7 heteroatoms. The fourth-order valence-corrected chi connectivity index (χ4v) is 2.46. The molecular formula is C14H15F2NO4. The van der Waals surface area contributed by atoms with Gasteiger partial charge in [0.1, 0.15) is 0 Å². The van der Waals surface area contributed by atoms with Gasteiger partial charge in [-0.15, -0.1) is 0 Å². The third-order valence-corrected chi connectivity index (χ3v) is 3.65. The number of rotatable bonds is 4. The molecule has 1 aliphatic rings. The molecule has 2 atom stereocenters. The smallest absolute Gasteiger partial charge is 0.306 e. The van der Waals surface area contributed by atoms with Crippen molar-refractivity contribution in [1.82, 2.24) is 0 Å². The molecule has 0 aromatic heterocycles. The maximum absolute atomic E-state index is 13.7. The lowest BCUT2D eigenvalue weighted by atomic mass is 10.0. The molecule has 1 fully saturated rings. The molecule has 1 aromatic rings. The number of methoxy groups -OCH3 is 1. The van der Waals surface area contributed by atoms with Crippen molar-refractivity contribution in [2.24, 2.45) is 11.8 Å². The Morgan fingerprint density at radius 1 is 1.24 bits per heavy atom. The van der Waals surface area contributed by atoms with Gasteiger partial charge in [-0.05, 0) is 19.3 Å². The predicted octanol–water partition coefficient (Wildman–Crippen LogP) is 2.41. The monoisotopic (exact) mass is 299 g/mol. The van der Waals surface area contributed by atoms with Crippen LogP contribution < -0.4 is 10.1 Å². The topological polar surface area (TPSA) is 75.6 Å². The van der Waals surface area contributed by atoms with E-state index in [4.69, 9.17) is 5.11 Å². The number of aliphatic carboxylic acids is 1. The molecule has 1 saturated carbocycles. The zero-order valence-electron chi connectivity index (χ0n) is 11.4. The van der Waals surface area contributed by atoms with Gasteiger partial charge in [0.2, 0.25) is 5.91 Å². The average Bonchev–Trinajstić information content (AvgIpc) is 2.92. The summed E-state index contributed by atoms with van der Waals surface area (Å²) in [6, 6.07) is 1.69. The van der Waals surface area contributed by atoms with Crippen LogP contribution in [0, 0.1) is 23.5 Å². The number of carboxylic acid groups (broad SMARTS) is 1. The van der Waals surface area contributed by atoms with Gasteiger partial charge >= 0.3 is 5.97 Å². The Kier molecular flexibility index (Phi) is 4.40. The maximum Gasteiger partial charge on any atom is 0.306 e. The highest BCUT2D eigenvalue weighted by molar-refractivity contribution is 5.93. The van der Waals surface area contributed by atoms with Gasteiger partial charge in [-0.1, -0.05) is 0 Å². The number of nitrogens with one attached hydrogen (secondary N) is 1. The molecule has 0 heterocycles. The number of halogens is 2. The molecule has 0 saturated heterocycles. The highest BCUT2D eigenvalue weighted by atomic mass is 19.1. The Hall–Kier alpha value is -2.18. The molecule has 1 aliphatic carbocycles. The summed E-state index contributed by atoms with van der Waals surface area (Å²) in [5.74, 6) is -4.35. The maximum atomic E-state index is 13.7. The average molecular weight is 299 g/mol. The van der Waals surface area contributed by atoms with E-state index in [0.717, 1.165) is 12.1 Å². The van der Waals surface area contributed by atoms with Crippen molar-refractivity contribution in [3.63, 3.8) is 0 Å². The van der Waals surface area contributed by atoms with Gasteiger partial charge in [-0.2, -0.15) is 0 Å². The number of amides is 1. The van der Waals surface area contributed by atoms with Crippen LogP contribution in [-0.2, 0) is 9.59 Å². The lowest BCUT2D eigenvalue weighted by molar-refractivity contribution is -0.141. The van der Waals surface area contributed by atoms with E-state index in [9.17, 15) is 18.4 Å². The Bertz CT molecular complexity index is 576. The second-order valence-electron chi connectivity index (χ2n) is 5.00. The van der Waals surface area contributed by atoms with E-state index >= 15 is 0 Å². The van der Waals surface area contributed by atoms with E-state index in [1.54, 1.807) is 0 Å². The zero-order chi connectivity index (χ0) is 15.6. The molecule has 114 valence electrons. The number of carboxylic acids is 1. The van der Waals surface area contributed by atoms with Crippen LogP contribution in [0.2, 0.25) is 0 Å². The molecule has 5 nitrogen and oxygen atoms in total. The molecule has 1 aromatic carbocycles. The second kappa shape index (κ2) is 6.07. The molecule has 0 aliphatic heterocycles. The van der Waals surface area contributed by atoms with Crippen molar-refractivity contribution in [3.8, 4) is 5.75 Å². The van der Waals surface area contributed by atoms with Crippen LogP contribution in [0.15, 0.2) is 12.1 Å². The van der Waals surface area contributed by atoms with Gasteiger partial charge in [0.05, 0.1) is 18.7 Å². The first-order valence-electron chi connectivity index (χ1n) is 6.49. The summed E-state index contributed by atoms with van der Waals surface area (Å²) in [5, 5.41) is 11.2. The van der Waals surface area contributed by atoms with Gasteiger partial charge in [-0.3, -0.25) is 9.59 Å². The summed E-state index contributed by atoms with van der Waals surface area (Å²) in [5.41, 5.74) is -0.280. The predicted molar refractivity (Wildman–Crippen MR) is 70.0 cm³/mol. The number of carbonyl (C=O) groups is 2. The summed E-state index contributed by atoms with van der Waals surface area (Å²) in [7, 11) is 1.21. The van der Waals surface area contributed by atoms with Crippen LogP contribution >= 0.6 is 0 Å². The molecule has 0 radical (unpaired) electrons. The van der Waals surface area contributed by atoms with E-state index in [1.807, 2.05) is 0 Å². The summed E-state index contributed by atoms with van der Waals surface area (Å²) in [4.78, 5) is 22.8. The van der Waals surface area contributed by atoms with Crippen molar-refractivity contribution >= 4 is 17.6 Å². The largest absolute Gasteiger partial charge is 0.494 e. The summed E-state index contributed by atoms with van der Waals surface area (Å²) in [6.45, 7) is 0.